The highest BCUT2D eigenvalue weighted by Crippen LogP contribution is 2.57. The second-order valence-electron chi connectivity index (χ2n) is 12.4. The molecule has 2 aliphatic rings. The van der Waals surface area contributed by atoms with Crippen LogP contribution in [0.1, 0.15) is 54.6 Å². The van der Waals surface area contributed by atoms with Crippen molar-refractivity contribution in [2.24, 2.45) is 5.41 Å². The number of hydrogen-bond acceptors (Lipinski definition) is 4. The summed E-state index contributed by atoms with van der Waals surface area (Å²) in [7, 11) is 3.32. The van der Waals surface area contributed by atoms with Crippen molar-refractivity contribution in [2.45, 2.75) is 50.6 Å². The van der Waals surface area contributed by atoms with E-state index in [4.69, 9.17) is 23.2 Å². The van der Waals surface area contributed by atoms with Gasteiger partial charge in [0.25, 0.3) is 5.91 Å². The van der Waals surface area contributed by atoms with Crippen LogP contribution >= 0.6 is 23.2 Å². The number of amides is 3. The summed E-state index contributed by atoms with van der Waals surface area (Å²) in [6.07, 6.45) is 0.506. The Balaban J connectivity index is 1.65. The molecule has 5 rings (SSSR count). The van der Waals surface area contributed by atoms with Gasteiger partial charge in [0.15, 0.2) is 0 Å². The van der Waals surface area contributed by atoms with Crippen molar-refractivity contribution in [3.05, 3.63) is 93.2 Å². The van der Waals surface area contributed by atoms with E-state index < -0.39 is 35.1 Å². The van der Waals surface area contributed by atoms with Crippen LogP contribution in [-0.2, 0) is 15.0 Å². The minimum absolute atomic E-state index is 0.100. The maximum atomic E-state index is 15.9. The minimum Gasteiger partial charge on any atom is -0.345 e. The highest BCUT2D eigenvalue weighted by Gasteiger charge is 2.66. The third kappa shape index (κ3) is 5.16. The van der Waals surface area contributed by atoms with Crippen LogP contribution in [0.25, 0.3) is 0 Å². The Kier molecular flexibility index (Phi) is 7.85. The molecule has 3 amide bonds. The lowest BCUT2D eigenvalue weighted by Gasteiger charge is -2.37. The van der Waals surface area contributed by atoms with Gasteiger partial charge in [-0.2, -0.15) is 0 Å². The molecule has 7 nitrogen and oxygen atoms in total. The van der Waals surface area contributed by atoms with Gasteiger partial charge in [-0.1, -0.05) is 62.2 Å². The molecular formula is C32H33Cl2FN4O3. The van der Waals surface area contributed by atoms with Crippen molar-refractivity contribution < 1.29 is 18.8 Å². The van der Waals surface area contributed by atoms with Crippen LogP contribution < -0.4 is 16.0 Å². The molecule has 42 heavy (non-hydrogen) atoms. The largest absolute Gasteiger partial charge is 0.345 e. The quantitative estimate of drug-likeness (QED) is 0.320. The molecule has 4 atom stereocenters. The number of benzene rings is 3. The van der Waals surface area contributed by atoms with Gasteiger partial charge in [-0.05, 0) is 65.4 Å². The van der Waals surface area contributed by atoms with E-state index in [-0.39, 0.29) is 27.8 Å². The predicted octanol–water partition coefficient (Wildman–Crippen LogP) is 6.22. The Hall–Kier alpha value is -3.46. The second-order valence-corrected chi connectivity index (χ2v) is 13.2. The molecule has 2 heterocycles. The smallest absolute Gasteiger partial charge is 0.253 e. The van der Waals surface area contributed by atoms with E-state index in [2.05, 4.69) is 36.7 Å². The van der Waals surface area contributed by atoms with Crippen LogP contribution in [-0.4, -0.2) is 48.8 Å². The summed E-state index contributed by atoms with van der Waals surface area (Å²) in [6, 6.07) is 14.8. The minimum atomic E-state index is -1.34. The number of rotatable bonds is 5. The molecule has 10 heteroatoms. The zero-order valence-electron chi connectivity index (χ0n) is 24.0. The van der Waals surface area contributed by atoms with Gasteiger partial charge in [0.1, 0.15) is 11.2 Å². The van der Waals surface area contributed by atoms with E-state index in [9.17, 15) is 14.4 Å². The summed E-state index contributed by atoms with van der Waals surface area (Å²) in [5, 5.41) is 9.68. The second kappa shape index (κ2) is 11.0. The SMILES string of the molecule is CN(C)C(=O)c1ccc(NC(=O)C2NC(CC(C)(C)C)C3(C(=O)Nc4cc(Cl)ccc43)C2c2cccc(Cl)c2F)cc1. The Morgan fingerprint density at radius 2 is 1.74 bits per heavy atom. The molecule has 3 aromatic carbocycles. The number of carbonyl (C=O) groups is 3. The summed E-state index contributed by atoms with van der Waals surface area (Å²) < 4.78 is 15.9. The maximum Gasteiger partial charge on any atom is 0.253 e. The summed E-state index contributed by atoms with van der Waals surface area (Å²) >= 11 is 12.6. The standard InChI is InChI=1S/C32H33Cl2FN4O3/c1-31(2,3)16-24-32(21-14-11-18(33)15-23(21)37-30(32)42)25(20-7-6-8-22(34)26(20)35)27(38-24)28(40)36-19-12-9-17(10-13-19)29(41)39(4)5/h6-15,24-25,27,38H,16H2,1-5H3,(H,36,40)(H,37,42). The first-order valence-electron chi connectivity index (χ1n) is 13.7. The Labute approximate surface area is 254 Å². The monoisotopic (exact) mass is 610 g/mol. The molecule has 0 aromatic heterocycles. The molecule has 3 N–H and O–H groups in total. The molecule has 1 saturated heterocycles. The Bertz CT molecular complexity index is 1570. The lowest BCUT2D eigenvalue weighted by Crippen LogP contribution is -2.49. The van der Waals surface area contributed by atoms with E-state index in [1.165, 1.54) is 11.0 Å². The lowest BCUT2D eigenvalue weighted by molar-refractivity contribution is -0.122. The zero-order valence-corrected chi connectivity index (χ0v) is 25.5. The molecule has 1 spiro atoms. The predicted molar refractivity (Wildman–Crippen MR) is 164 cm³/mol. The summed E-state index contributed by atoms with van der Waals surface area (Å²) in [5.74, 6) is -2.59. The van der Waals surface area contributed by atoms with Crippen LogP contribution in [0.5, 0.6) is 0 Å². The van der Waals surface area contributed by atoms with Crippen LogP contribution in [0.2, 0.25) is 10.0 Å². The number of carbonyl (C=O) groups excluding carboxylic acids is 3. The van der Waals surface area contributed by atoms with Gasteiger partial charge in [0.05, 0.1) is 11.1 Å². The topological polar surface area (TPSA) is 90.5 Å². The van der Waals surface area contributed by atoms with Crippen molar-refractivity contribution >= 4 is 52.3 Å². The average molecular weight is 612 g/mol. The van der Waals surface area contributed by atoms with E-state index >= 15 is 4.39 Å². The molecule has 0 saturated carbocycles. The molecule has 0 bridgehead atoms. The Morgan fingerprint density at radius 1 is 1.05 bits per heavy atom. The zero-order chi connectivity index (χ0) is 30.6. The van der Waals surface area contributed by atoms with Crippen molar-refractivity contribution in [3.8, 4) is 0 Å². The fourth-order valence-electron chi connectivity index (χ4n) is 6.33. The van der Waals surface area contributed by atoms with Crippen molar-refractivity contribution in [2.75, 3.05) is 24.7 Å². The third-order valence-electron chi connectivity index (χ3n) is 8.03. The summed E-state index contributed by atoms with van der Waals surface area (Å²) in [5.41, 5.74) is 0.668. The fourth-order valence-corrected chi connectivity index (χ4v) is 6.68. The van der Waals surface area contributed by atoms with E-state index in [1.54, 1.807) is 68.7 Å². The average Bonchev–Trinajstić information content (AvgIpc) is 3.39. The van der Waals surface area contributed by atoms with E-state index in [0.717, 1.165) is 0 Å². The highest BCUT2D eigenvalue weighted by atomic mass is 35.5. The number of hydrogen-bond donors (Lipinski definition) is 3. The lowest BCUT2D eigenvalue weighted by atomic mass is 9.62. The molecular weight excluding hydrogens is 578 g/mol. The first kappa shape index (κ1) is 30.0. The van der Waals surface area contributed by atoms with Crippen LogP contribution in [0.4, 0.5) is 15.8 Å². The van der Waals surface area contributed by atoms with Crippen LogP contribution in [0.3, 0.4) is 0 Å². The highest BCUT2D eigenvalue weighted by molar-refractivity contribution is 6.31. The number of anilines is 2. The maximum absolute atomic E-state index is 15.9. The van der Waals surface area contributed by atoms with E-state index in [1.807, 2.05) is 0 Å². The number of nitrogens with one attached hydrogen (secondary N) is 3. The molecule has 3 aromatic rings. The van der Waals surface area contributed by atoms with Gasteiger partial charge in [0.2, 0.25) is 11.8 Å². The number of halogens is 3. The summed E-state index contributed by atoms with van der Waals surface area (Å²) in [6.45, 7) is 6.16. The number of fused-ring (bicyclic) bond motifs is 2. The third-order valence-corrected chi connectivity index (χ3v) is 8.55. The molecule has 4 unspecified atom stereocenters. The van der Waals surface area contributed by atoms with Gasteiger partial charge in [0, 0.05) is 48.0 Å². The van der Waals surface area contributed by atoms with E-state index in [0.29, 0.717) is 33.9 Å². The van der Waals surface area contributed by atoms with Crippen molar-refractivity contribution in [1.82, 2.24) is 10.2 Å². The summed E-state index contributed by atoms with van der Waals surface area (Å²) in [4.78, 5) is 42.1. The molecule has 0 radical (unpaired) electrons. The molecule has 1 fully saturated rings. The normalized spacial score (nSPS) is 23.0. The molecule has 220 valence electrons. The van der Waals surface area contributed by atoms with Crippen LogP contribution in [0, 0.1) is 11.2 Å². The first-order valence-corrected chi connectivity index (χ1v) is 14.4. The molecule has 0 aliphatic carbocycles. The van der Waals surface area contributed by atoms with Gasteiger partial charge >= 0.3 is 0 Å². The number of nitrogens with zero attached hydrogens (tertiary/aromatic N) is 1. The molecule has 2 aliphatic heterocycles. The van der Waals surface area contributed by atoms with Gasteiger partial charge in [-0.25, -0.2) is 4.39 Å². The fraction of sp³-hybridized carbons (Fsp3) is 0.344. The van der Waals surface area contributed by atoms with Gasteiger partial charge in [-0.3, -0.25) is 14.4 Å². The van der Waals surface area contributed by atoms with Gasteiger partial charge in [-0.15, -0.1) is 0 Å². The van der Waals surface area contributed by atoms with Crippen molar-refractivity contribution in [1.29, 1.82) is 0 Å². The Morgan fingerprint density at radius 3 is 2.38 bits per heavy atom. The van der Waals surface area contributed by atoms with Crippen molar-refractivity contribution in [3.63, 3.8) is 0 Å². The van der Waals surface area contributed by atoms with Gasteiger partial charge < -0.3 is 20.9 Å². The van der Waals surface area contributed by atoms with Crippen LogP contribution in [0.15, 0.2) is 60.7 Å². The first-order chi connectivity index (χ1) is 19.7.